The van der Waals surface area contributed by atoms with Gasteiger partial charge in [0.1, 0.15) is 0 Å². The Balaban J connectivity index is 4.42. The Morgan fingerprint density at radius 1 is 0.481 bits per heavy atom. The average molecular weight is 597 g/mol. The van der Waals surface area contributed by atoms with Crippen molar-refractivity contribution in [3.8, 4) is 0 Å². The van der Waals surface area contributed by atoms with Gasteiger partial charge in [0.05, 0.1) is 0 Å². The fourth-order valence-corrected chi connectivity index (χ4v) is 12.0. The van der Waals surface area contributed by atoms with E-state index in [1.807, 2.05) is 0 Å². The van der Waals surface area contributed by atoms with Gasteiger partial charge < -0.3 is 0 Å². The molecule has 0 aliphatic carbocycles. The molecule has 0 radical (unpaired) electrons. The topological polar surface area (TPSA) is 0 Å². The monoisotopic (exact) mass is 596 g/mol. The summed E-state index contributed by atoms with van der Waals surface area (Å²) in [7, 11) is 7.07. The summed E-state index contributed by atoms with van der Waals surface area (Å²) < 4.78 is 3.11. The van der Waals surface area contributed by atoms with Crippen LogP contribution in [0.2, 0.25) is 7.75 Å². The molecule has 0 bridgehead atoms. The predicted molar refractivity (Wildman–Crippen MR) is 130 cm³/mol. The van der Waals surface area contributed by atoms with E-state index >= 15 is 0 Å². The second kappa shape index (κ2) is 20.4. The van der Waals surface area contributed by atoms with E-state index in [-0.39, 0.29) is 0 Å². The van der Waals surface area contributed by atoms with Crippen LogP contribution in [0.3, 0.4) is 0 Å². The van der Waals surface area contributed by atoms with Crippen molar-refractivity contribution in [3.05, 3.63) is 0 Å². The van der Waals surface area contributed by atoms with E-state index in [0.717, 1.165) is 0 Å². The van der Waals surface area contributed by atoms with Gasteiger partial charge in [0.15, 0.2) is 0 Å². The van der Waals surface area contributed by atoms with Crippen LogP contribution in [0, 0.1) is 0 Å². The van der Waals surface area contributed by atoms with Crippen LogP contribution in [0.25, 0.3) is 0 Å². The third-order valence-electron chi connectivity index (χ3n) is 6.39. The molecular weight excluding hydrogens is 545 g/mol. The van der Waals surface area contributed by atoms with Crippen molar-refractivity contribution in [2.75, 3.05) is 0 Å². The zero-order valence-electron chi connectivity index (χ0n) is 19.5. The Morgan fingerprint density at radius 3 is 1.00 bits per heavy atom. The fraction of sp³-hybridized carbons (Fsp3) is 1.00. The number of unbranched alkanes of at least 4 members (excludes halogenated alkanes) is 14. The second-order valence-corrected chi connectivity index (χ2v) is 20.7. The normalized spacial score (nSPS) is 12.2. The standard InChI is InChI=1S/C24H49.CH3.Bi.ClH/c1-4-7-10-13-14-17-20-23-24(21-18-15-11-8-5-2)22-19-16-12-9-6-3;;;/h4-23H2,1-3H3;1H3;;1H/q;;+1;/p-1. The summed E-state index contributed by atoms with van der Waals surface area (Å²) in [5, 5.41) is 0. The summed E-state index contributed by atoms with van der Waals surface area (Å²) in [5.74, 6) is 0. The Bertz CT molecular complexity index is 276. The van der Waals surface area contributed by atoms with E-state index in [0.29, 0.717) is 3.12 Å². The molecule has 0 nitrogen and oxygen atoms in total. The summed E-state index contributed by atoms with van der Waals surface area (Å²) in [5.41, 5.74) is 0. The van der Waals surface area contributed by atoms with Crippen LogP contribution in [0.15, 0.2) is 0 Å². The molecule has 164 valence electrons. The van der Waals surface area contributed by atoms with Crippen molar-refractivity contribution in [1.29, 1.82) is 0 Å². The average Bonchev–Trinajstić information content (AvgIpc) is 2.66. The van der Waals surface area contributed by atoms with E-state index in [1.54, 1.807) is 0 Å². The first-order chi connectivity index (χ1) is 13.1. The van der Waals surface area contributed by atoms with Crippen molar-refractivity contribution >= 4 is 29.1 Å². The van der Waals surface area contributed by atoms with E-state index in [4.69, 9.17) is 8.51 Å². The molecule has 0 saturated heterocycles. The summed E-state index contributed by atoms with van der Waals surface area (Å²) in [6.07, 6.45) is 28.6. The van der Waals surface area contributed by atoms with Gasteiger partial charge in [-0.25, -0.2) is 0 Å². The van der Waals surface area contributed by atoms with Gasteiger partial charge in [-0.1, -0.05) is 0 Å². The number of hydrogen-bond donors (Lipinski definition) is 0. The first-order valence-corrected chi connectivity index (χ1v) is 22.0. The van der Waals surface area contributed by atoms with Gasteiger partial charge >= 0.3 is 186 Å². The molecule has 0 unspecified atom stereocenters. The fourth-order valence-electron chi connectivity index (χ4n) is 4.36. The molecule has 0 spiro atoms. The molecule has 27 heavy (non-hydrogen) atoms. The molecule has 0 aromatic heterocycles. The van der Waals surface area contributed by atoms with Gasteiger partial charge in [0, 0.05) is 0 Å². The van der Waals surface area contributed by atoms with Crippen LogP contribution < -0.4 is 0 Å². The Hall–Kier alpha value is 1.17. The molecule has 0 N–H and O–H groups in total. The second-order valence-electron chi connectivity index (χ2n) is 8.90. The molecule has 0 aromatic rings. The number of halogens is 1. The Morgan fingerprint density at radius 2 is 0.741 bits per heavy atom. The maximum absolute atomic E-state index is 7.07. The van der Waals surface area contributed by atoms with Crippen molar-refractivity contribution in [3.63, 3.8) is 0 Å². The van der Waals surface area contributed by atoms with Crippen molar-refractivity contribution in [1.82, 2.24) is 0 Å². The van der Waals surface area contributed by atoms with Crippen LogP contribution in [0.4, 0.5) is 0 Å². The molecule has 2 heteroatoms. The molecular formula is C25H52BiCl. The molecule has 0 fully saturated rings. The van der Waals surface area contributed by atoms with E-state index < -0.39 is 20.6 Å². The third-order valence-corrected chi connectivity index (χ3v) is 17.2. The third kappa shape index (κ3) is 15.6. The van der Waals surface area contributed by atoms with Crippen LogP contribution >= 0.6 is 8.51 Å². The summed E-state index contributed by atoms with van der Waals surface area (Å²) in [4.78, 5) is 0. The molecule has 0 aliphatic rings. The van der Waals surface area contributed by atoms with Crippen molar-refractivity contribution < 1.29 is 0 Å². The quantitative estimate of drug-likeness (QED) is 0.0913. The predicted octanol–water partition coefficient (Wildman–Crippen LogP) is 10.4. The van der Waals surface area contributed by atoms with Gasteiger partial charge in [0.25, 0.3) is 0 Å². The van der Waals surface area contributed by atoms with Crippen LogP contribution in [-0.2, 0) is 0 Å². The molecule has 0 amide bonds. The minimum absolute atomic E-state index is 0.610. The van der Waals surface area contributed by atoms with Gasteiger partial charge in [-0.15, -0.1) is 0 Å². The van der Waals surface area contributed by atoms with Crippen molar-refractivity contribution in [2.24, 2.45) is 0 Å². The minimum atomic E-state index is -1.82. The number of rotatable bonds is 21. The molecule has 0 rings (SSSR count). The Kier molecular flexibility index (Phi) is 21.3. The van der Waals surface area contributed by atoms with Crippen LogP contribution in [0.5, 0.6) is 0 Å². The first-order valence-electron chi connectivity index (χ1n) is 12.5. The summed E-state index contributed by atoms with van der Waals surface area (Å²) in [6, 6.07) is 0. The number of hydrogen-bond acceptors (Lipinski definition) is 0. The molecule has 0 aromatic carbocycles. The van der Waals surface area contributed by atoms with E-state index in [2.05, 4.69) is 25.4 Å². The van der Waals surface area contributed by atoms with Crippen LogP contribution in [-0.4, -0.2) is 20.6 Å². The van der Waals surface area contributed by atoms with Gasteiger partial charge in [0.2, 0.25) is 0 Å². The van der Waals surface area contributed by atoms with Crippen LogP contribution in [0.1, 0.15) is 149 Å². The maximum atomic E-state index is 7.07. The SMILES string of the molecule is CCCCCCCCC[C](CCCCCCC)(CCCCCCC)[Bi]([CH3])[Cl]. The van der Waals surface area contributed by atoms with E-state index in [1.165, 1.54) is 128 Å². The van der Waals surface area contributed by atoms with E-state index in [9.17, 15) is 0 Å². The van der Waals surface area contributed by atoms with Crippen molar-refractivity contribution in [2.45, 2.75) is 157 Å². The molecule has 0 aliphatic heterocycles. The first kappa shape index (κ1) is 28.2. The Labute approximate surface area is 185 Å². The zero-order valence-corrected chi connectivity index (χ0v) is 23.7. The zero-order chi connectivity index (χ0) is 20.2. The summed E-state index contributed by atoms with van der Waals surface area (Å²) in [6.45, 7) is 6.94. The molecule has 0 heterocycles. The van der Waals surface area contributed by atoms with Gasteiger partial charge in [-0.2, -0.15) is 0 Å². The molecule has 0 atom stereocenters. The van der Waals surface area contributed by atoms with Gasteiger partial charge in [-0.3, -0.25) is 0 Å². The summed E-state index contributed by atoms with van der Waals surface area (Å²) >= 11 is -1.82. The molecule has 0 saturated carbocycles. The van der Waals surface area contributed by atoms with Gasteiger partial charge in [-0.05, 0) is 0 Å².